The molecule has 1 heterocycles. The van der Waals surface area contributed by atoms with Crippen molar-refractivity contribution in [2.45, 2.75) is 58.2 Å². The first-order chi connectivity index (χ1) is 11.7. The Kier molecular flexibility index (Phi) is 8.51. The van der Waals surface area contributed by atoms with Crippen LogP contribution in [-0.2, 0) is 20.9 Å². The summed E-state index contributed by atoms with van der Waals surface area (Å²) in [5.41, 5.74) is 6.40. The zero-order valence-electron chi connectivity index (χ0n) is 15.3. The maximum Gasteiger partial charge on any atom is 0.320 e. The quantitative estimate of drug-likeness (QED) is 0.619. The molecule has 25 heavy (non-hydrogen) atoms. The summed E-state index contributed by atoms with van der Waals surface area (Å²) in [6.07, 6.45) is 2.90. The molecule has 1 aromatic rings. The maximum absolute atomic E-state index is 12.1. The van der Waals surface area contributed by atoms with E-state index in [0.717, 1.165) is 5.69 Å². The molecular formula is C18H29N3O4. The second-order valence-electron chi connectivity index (χ2n) is 7.12. The molecule has 0 saturated carbocycles. The first-order valence-electron chi connectivity index (χ1n) is 8.47. The van der Waals surface area contributed by atoms with Crippen LogP contribution in [0.1, 0.15) is 45.7 Å². The molecule has 1 rings (SSSR count). The summed E-state index contributed by atoms with van der Waals surface area (Å²) < 4.78 is 5.38. The zero-order chi connectivity index (χ0) is 18.9. The number of nitrogens with zero attached hydrogens (tertiary/aromatic N) is 2. The van der Waals surface area contributed by atoms with Gasteiger partial charge in [0.15, 0.2) is 0 Å². The number of esters is 1. The monoisotopic (exact) mass is 351 g/mol. The van der Waals surface area contributed by atoms with Gasteiger partial charge >= 0.3 is 11.9 Å². The molecule has 7 heteroatoms. The Morgan fingerprint density at radius 3 is 2.64 bits per heavy atom. The standard InChI is InChI=1S/C18H29N3O4/c1-18(2,3)25-17(24)13-21(12-15-8-4-5-10-20-15)11-14(19)7-6-9-16(22)23/h4-5,8,10,14H,6-7,9,11-13,19H2,1-3H3,(H,22,23). The minimum atomic E-state index is -0.828. The lowest BCUT2D eigenvalue weighted by Gasteiger charge is -2.26. The molecule has 7 nitrogen and oxygen atoms in total. The van der Waals surface area contributed by atoms with Crippen molar-refractivity contribution in [1.29, 1.82) is 0 Å². The summed E-state index contributed by atoms with van der Waals surface area (Å²) in [5.74, 6) is -1.15. The molecule has 0 radical (unpaired) electrons. The van der Waals surface area contributed by atoms with Crippen molar-refractivity contribution < 1.29 is 19.4 Å². The molecule has 0 aliphatic rings. The number of nitrogens with two attached hydrogens (primary N) is 1. The molecule has 0 bridgehead atoms. The van der Waals surface area contributed by atoms with Crippen LogP contribution in [0.4, 0.5) is 0 Å². The van der Waals surface area contributed by atoms with Crippen molar-refractivity contribution in [3.05, 3.63) is 30.1 Å². The molecule has 0 fully saturated rings. The van der Waals surface area contributed by atoms with Crippen LogP contribution in [-0.4, -0.2) is 51.7 Å². The van der Waals surface area contributed by atoms with Crippen molar-refractivity contribution >= 4 is 11.9 Å². The summed E-state index contributed by atoms with van der Waals surface area (Å²) >= 11 is 0. The number of pyridine rings is 1. The van der Waals surface area contributed by atoms with Crippen LogP contribution in [0.15, 0.2) is 24.4 Å². The van der Waals surface area contributed by atoms with E-state index in [1.165, 1.54) is 0 Å². The third-order valence-electron chi connectivity index (χ3n) is 3.34. The summed E-state index contributed by atoms with van der Waals surface area (Å²) in [5, 5.41) is 8.71. The fourth-order valence-electron chi connectivity index (χ4n) is 2.40. The molecule has 3 N–H and O–H groups in total. The molecule has 0 saturated heterocycles. The SMILES string of the molecule is CC(C)(C)OC(=O)CN(Cc1ccccn1)CC(N)CCCC(=O)O. The van der Waals surface area contributed by atoms with E-state index >= 15 is 0 Å². The highest BCUT2D eigenvalue weighted by atomic mass is 16.6. The van der Waals surface area contributed by atoms with Gasteiger partial charge in [-0.2, -0.15) is 0 Å². The predicted octanol–water partition coefficient (Wildman–Crippen LogP) is 1.81. The molecule has 1 aromatic heterocycles. The van der Waals surface area contributed by atoms with Gasteiger partial charge in [0.25, 0.3) is 0 Å². The molecule has 140 valence electrons. The number of ether oxygens (including phenoxy) is 1. The van der Waals surface area contributed by atoms with Gasteiger partial charge in [-0.25, -0.2) is 0 Å². The topological polar surface area (TPSA) is 106 Å². The molecule has 0 aromatic carbocycles. The number of aromatic nitrogens is 1. The normalized spacial score (nSPS) is 12.8. The van der Waals surface area contributed by atoms with Gasteiger partial charge in [-0.05, 0) is 45.7 Å². The zero-order valence-corrected chi connectivity index (χ0v) is 15.3. The van der Waals surface area contributed by atoms with Gasteiger partial charge in [0.05, 0.1) is 12.2 Å². The van der Waals surface area contributed by atoms with Gasteiger partial charge in [0, 0.05) is 31.7 Å². The van der Waals surface area contributed by atoms with Crippen LogP contribution >= 0.6 is 0 Å². The summed E-state index contributed by atoms with van der Waals surface area (Å²) in [7, 11) is 0. The number of rotatable bonds is 10. The number of hydrogen-bond donors (Lipinski definition) is 2. The van der Waals surface area contributed by atoms with Crippen molar-refractivity contribution in [3.63, 3.8) is 0 Å². The number of carbonyl (C=O) groups excluding carboxylic acids is 1. The average molecular weight is 351 g/mol. The van der Waals surface area contributed by atoms with E-state index in [-0.39, 0.29) is 25.0 Å². The summed E-state index contributed by atoms with van der Waals surface area (Å²) in [4.78, 5) is 28.9. The van der Waals surface area contributed by atoms with Crippen molar-refractivity contribution in [1.82, 2.24) is 9.88 Å². The van der Waals surface area contributed by atoms with Gasteiger partial charge in [0.1, 0.15) is 5.60 Å². The van der Waals surface area contributed by atoms with Gasteiger partial charge in [-0.1, -0.05) is 6.07 Å². The predicted molar refractivity (Wildman–Crippen MR) is 94.8 cm³/mol. The van der Waals surface area contributed by atoms with Crippen LogP contribution in [0.3, 0.4) is 0 Å². The Hall–Kier alpha value is -1.99. The van der Waals surface area contributed by atoms with E-state index in [2.05, 4.69) is 4.98 Å². The number of carbonyl (C=O) groups is 2. The Balaban J connectivity index is 2.63. The highest BCUT2D eigenvalue weighted by molar-refractivity contribution is 5.72. The average Bonchev–Trinajstić information content (AvgIpc) is 2.45. The minimum absolute atomic E-state index is 0.0972. The summed E-state index contributed by atoms with van der Waals surface area (Å²) in [6.45, 7) is 6.53. The highest BCUT2D eigenvalue weighted by Gasteiger charge is 2.21. The van der Waals surface area contributed by atoms with Gasteiger partial charge in [-0.15, -0.1) is 0 Å². The van der Waals surface area contributed by atoms with E-state index in [4.69, 9.17) is 15.6 Å². The van der Waals surface area contributed by atoms with Crippen molar-refractivity contribution in [3.8, 4) is 0 Å². The molecular weight excluding hydrogens is 322 g/mol. The Bertz CT molecular complexity index is 543. The third kappa shape index (κ3) is 10.5. The Morgan fingerprint density at radius 2 is 2.08 bits per heavy atom. The van der Waals surface area contributed by atoms with Crippen LogP contribution < -0.4 is 5.73 Å². The third-order valence-corrected chi connectivity index (χ3v) is 3.34. The Morgan fingerprint density at radius 1 is 1.36 bits per heavy atom. The smallest absolute Gasteiger partial charge is 0.320 e. The molecule has 0 amide bonds. The second kappa shape index (κ2) is 10.1. The lowest BCUT2D eigenvalue weighted by atomic mass is 10.1. The minimum Gasteiger partial charge on any atom is -0.481 e. The lowest BCUT2D eigenvalue weighted by Crippen LogP contribution is -2.41. The molecule has 1 unspecified atom stereocenters. The fraction of sp³-hybridized carbons (Fsp3) is 0.611. The number of aliphatic carboxylic acids is 1. The second-order valence-corrected chi connectivity index (χ2v) is 7.12. The van der Waals surface area contributed by atoms with Crippen LogP contribution in [0, 0.1) is 0 Å². The maximum atomic E-state index is 12.1. The molecule has 0 spiro atoms. The van der Waals surface area contributed by atoms with Crippen molar-refractivity contribution in [2.75, 3.05) is 13.1 Å². The summed E-state index contributed by atoms with van der Waals surface area (Å²) in [6, 6.07) is 5.39. The van der Waals surface area contributed by atoms with Crippen LogP contribution in [0.5, 0.6) is 0 Å². The molecule has 0 aliphatic heterocycles. The highest BCUT2D eigenvalue weighted by Crippen LogP contribution is 2.10. The van der Waals surface area contributed by atoms with E-state index < -0.39 is 11.6 Å². The fourth-order valence-corrected chi connectivity index (χ4v) is 2.40. The molecule has 0 aliphatic carbocycles. The number of hydrogen-bond acceptors (Lipinski definition) is 6. The first-order valence-corrected chi connectivity index (χ1v) is 8.47. The number of carboxylic acid groups (broad SMARTS) is 1. The van der Waals surface area contributed by atoms with Crippen LogP contribution in [0.25, 0.3) is 0 Å². The van der Waals surface area contributed by atoms with E-state index in [9.17, 15) is 9.59 Å². The van der Waals surface area contributed by atoms with Gasteiger partial charge in [-0.3, -0.25) is 19.5 Å². The largest absolute Gasteiger partial charge is 0.481 e. The van der Waals surface area contributed by atoms with E-state index in [1.807, 2.05) is 43.9 Å². The van der Waals surface area contributed by atoms with Crippen molar-refractivity contribution in [2.24, 2.45) is 5.73 Å². The van der Waals surface area contributed by atoms with Gasteiger partial charge < -0.3 is 15.6 Å². The van der Waals surface area contributed by atoms with Crippen LogP contribution in [0.2, 0.25) is 0 Å². The van der Waals surface area contributed by atoms with E-state index in [0.29, 0.717) is 25.9 Å². The number of carboxylic acids is 1. The van der Waals surface area contributed by atoms with E-state index in [1.54, 1.807) is 6.20 Å². The first kappa shape index (κ1) is 21.1. The Labute approximate surface area is 149 Å². The lowest BCUT2D eigenvalue weighted by molar-refractivity contribution is -0.156. The molecule has 1 atom stereocenters. The van der Waals surface area contributed by atoms with Gasteiger partial charge in [0.2, 0.25) is 0 Å².